The summed E-state index contributed by atoms with van der Waals surface area (Å²) >= 11 is 6.16. The van der Waals surface area contributed by atoms with Gasteiger partial charge >= 0.3 is 0 Å². The van der Waals surface area contributed by atoms with Gasteiger partial charge in [-0.2, -0.15) is 5.26 Å². The zero-order chi connectivity index (χ0) is 12.9. The molecule has 0 spiro atoms. The lowest BCUT2D eigenvalue weighted by Crippen LogP contribution is -2.33. The Bertz CT molecular complexity index is 556. The zero-order valence-corrected chi connectivity index (χ0v) is 11.3. The van der Waals surface area contributed by atoms with E-state index in [-0.39, 0.29) is 5.60 Å². The van der Waals surface area contributed by atoms with Gasteiger partial charge in [-0.3, -0.25) is 0 Å². The van der Waals surface area contributed by atoms with Crippen LogP contribution in [0.2, 0.25) is 5.15 Å². The van der Waals surface area contributed by atoms with Crippen molar-refractivity contribution in [3.63, 3.8) is 0 Å². The Balaban J connectivity index is 2.19. The van der Waals surface area contributed by atoms with Gasteiger partial charge in [-0.25, -0.2) is 4.98 Å². The van der Waals surface area contributed by atoms with Gasteiger partial charge in [0.1, 0.15) is 11.2 Å². The highest BCUT2D eigenvalue weighted by Gasteiger charge is 2.36. The van der Waals surface area contributed by atoms with Crippen LogP contribution in [0.25, 0.3) is 0 Å². The van der Waals surface area contributed by atoms with Gasteiger partial charge in [0, 0.05) is 17.9 Å². The van der Waals surface area contributed by atoms with Crippen molar-refractivity contribution in [3.8, 4) is 6.07 Å². The molecule has 18 heavy (non-hydrogen) atoms. The van der Waals surface area contributed by atoms with Gasteiger partial charge in [-0.1, -0.05) is 11.6 Å². The van der Waals surface area contributed by atoms with Crippen LogP contribution in [0.4, 0.5) is 0 Å². The molecule has 0 N–H and O–H groups in total. The molecule has 1 aromatic rings. The van der Waals surface area contributed by atoms with E-state index in [2.05, 4.69) is 11.1 Å². The van der Waals surface area contributed by atoms with Crippen molar-refractivity contribution in [3.05, 3.63) is 27.5 Å². The summed E-state index contributed by atoms with van der Waals surface area (Å²) in [7, 11) is 0. The predicted octanol–water partition coefficient (Wildman–Crippen LogP) is 3.34. The van der Waals surface area contributed by atoms with E-state index in [0.717, 1.165) is 23.2 Å². The second kappa shape index (κ2) is 3.94. The third-order valence-electron chi connectivity index (χ3n) is 3.69. The fourth-order valence-corrected chi connectivity index (χ4v) is 2.81. The van der Waals surface area contributed by atoms with Crippen LogP contribution < -0.4 is 0 Å². The number of nitrogens with zero attached hydrogens (tertiary/aromatic N) is 2. The average Bonchev–Trinajstić information content (AvgIpc) is 3.10. The van der Waals surface area contributed by atoms with Crippen LogP contribution in [0.15, 0.2) is 0 Å². The summed E-state index contributed by atoms with van der Waals surface area (Å²) in [6, 6.07) is 2.20. The van der Waals surface area contributed by atoms with Crippen LogP contribution >= 0.6 is 11.6 Å². The van der Waals surface area contributed by atoms with Crippen LogP contribution in [0.1, 0.15) is 55.0 Å². The topological polar surface area (TPSA) is 45.9 Å². The molecule has 1 saturated carbocycles. The summed E-state index contributed by atoms with van der Waals surface area (Å²) < 4.78 is 5.86. The van der Waals surface area contributed by atoms with E-state index in [0.29, 0.717) is 23.2 Å². The first kappa shape index (κ1) is 12.0. The summed E-state index contributed by atoms with van der Waals surface area (Å²) in [6.45, 7) is 4.64. The quantitative estimate of drug-likeness (QED) is 0.729. The largest absolute Gasteiger partial charge is 0.370 e. The summed E-state index contributed by atoms with van der Waals surface area (Å²) in [5.74, 6) is 0.522. The van der Waals surface area contributed by atoms with Crippen LogP contribution in [-0.2, 0) is 17.8 Å². The van der Waals surface area contributed by atoms with Crippen LogP contribution in [-0.4, -0.2) is 10.6 Å². The Hall–Kier alpha value is -1.11. The molecular weight excluding hydrogens is 248 g/mol. The van der Waals surface area contributed by atoms with Crippen LogP contribution in [0, 0.1) is 11.3 Å². The fraction of sp³-hybridized carbons (Fsp3) is 0.571. The Kier molecular flexibility index (Phi) is 2.62. The SMILES string of the molecule is CC1(C)Cc2c(C#N)c(Cl)nc(C3CC3)c2CO1. The number of hydrogen-bond acceptors (Lipinski definition) is 3. The lowest BCUT2D eigenvalue weighted by Gasteiger charge is -2.33. The third kappa shape index (κ3) is 1.90. The number of hydrogen-bond donors (Lipinski definition) is 0. The molecule has 2 aliphatic rings. The minimum Gasteiger partial charge on any atom is -0.370 e. The molecule has 0 aromatic carbocycles. The molecule has 0 saturated heterocycles. The van der Waals surface area contributed by atoms with Gasteiger partial charge < -0.3 is 4.74 Å². The molecule has 1 aliphatic carbocycles. The maximum Gasteiger partial charge on any atom is 0.147 e. The number of aromatic nitrogens is 1. The van der Waals surface area contributed by atoms with E-state index in [4.69, 9.17) is 16.3 Å². The normalized spacial score (nSPS) is 21.2. The second-order valence-electron chi connectivity index (χ2n) is 5.73. The van der Waals surface area contributed by atoms with E-state index < -0.39 is 0 Å². The summed E-state index contributed by atoms with van der Waals surface area (Å²) in [5, 5.41) is 9.63. The van der Waals surface area contributed by atoms with Gasteiger partial charge in [0.05, 0.1) is 23.5 Å². The first-order valence-electron chi connectivity index (χ1n) is 6.27. The maximum atomic E-state index is 9.27. The molecule has 0 atom stereocenters. The van der Waals surface area contributed by atoms with Crippen molar-refractivity contribution >= 4 is 11.6 Å². The number of nitriles is 1. The van der Waals surface area contributed by atoms with Gasteiger partial charge in [0.2, 0.25) is 0 Å². The Morgan fingerprint density at radius 1 is 1.39 bits per heavy atom. The predicted molar refractivity (Wildman–Crippen MR) is 68.5 cm³/mol. The van der Waals surface area contributed by atoms with E-state index >= 15 is 0 Å². The van der Waals surface area contributed by atoms with Crippen molar-refractivity contribution < 1.29 is 4.74 Å². The van der Waals surface area contributed by atoms with Crippen molar-refractivity contribution in [2.45, 2.75) is 51.2 Å². The smallest absolute Gasteiger partial charge is 0.147 e. The number of pyridine rings is 1. The molecule has 4 heteroatoms. The highest BCUT2D eigenvalue weighted by molar-refractivity contribution is 6.30. The lowest BCUT2D eigenvalue weighted by molar-refractivity contribution is -0.0407. The van der Waals surface area contributed by atoms with E-state index in [9.17, 15) is 5.26 Å². The first-order valence-corrected chi connectivity index (χ1v) is 6.65. The van der Waals surface area contributed by atoms with Gasteiger partial charge in [0.25, 0.3) is 0 Å². The number of halogens is 1. The summed E-state index contributed by atoms with van der Waals surface area (Å²) in [4.78, 5) is 4.43. The highest BCUT2D eigenvalue weighted by atomic mass is 35.5. The molecule has 94 valence electrons. The van der Waals surface area contributed by atoms with E-state index in [1.165, 1.54) is 12.8 Å². The third-order valence-corrected chi connectivity index (χ3v) is 3.96. The Morgan fingerprint density at radius 3 is 2.72 bits per heavy atom. The Morgan fingerprint density at radius 2 is 2.11 bits per heavy atom. The van der Waals surface area contributed by atoms with Crippen molar-refractivity contribution in [2.24, 2.45) is 0 Å². The highest BCUT2D eigenvalue weighted by Crippen LogP contribution is 2.45. The summed E-state index contributed by atoms with van der Waals surface area (Å²) in [5.41, 5.74) is 3.52. The molecule has 0 amide bonds. The van der Waals surface area contributed by atoms with Crippen molar-refractivity contribution in [2.75, 3.05) is 0 Å². The molecule has 1 aromatic heterocycles. The van der Waals surface area contributed by atoms with Crippen LogP contribution in [0.3, 0.4) is 0 Å². The van der Waals surface area contributed by atoms with Crippen molar-refractivity contribution in [1.29, 1.82) is 5.26 Å². The first-order chi connectivity index (χ1) is 8.52. The molecule has 2 heterocycles. The molecule has 0 radical (unpaired) electrons. The van der Waals surface area contributed by atoms with E-state index in [1.807, 2.05) is 13.8 Å². The zero-order valence-electron chi connectivity index (χ0n) is 10.6. The minimum atomic E-state index is -0.232. The molecule has 3 nitrogen and oxygen atoms in total. The molecule has 0 bridgehead atoms. The molecular formula is C14H15ClN2O. The van der Waals surface area contributed by atoms with E-state index in [1.54, 1.807) is 0 Å². The van der Waals surface area contributed by atoms with Crippen molar-refractivity contribution in [1.82, 2.24) is 4.98 Å². The summed E-state index contributed by atoms with van der Waals surface area (Å²) in [6.07, 6.45) is 3.07. The average molecular weight is 263 g/mol. The maximum absolute atomic E-state index is 9.27. The second-order valence-corrected chi connectivity index (χ2v) is 6.09. The minimum absolute atomic E-state index is 0.232. The van der Waals surface area contributed by atoms with Crippen LogP contribution in [0.5, 0.6) is 0 Å². The molecule has 0 unspecified atom stereocenters. The van der Waals surface area contributed by atoms with Gasteiger partial charge in [0.15, 0.2) is 0 Å². The van der Waals surface area contributed by atoms with Gasteiger partial charge in [-0.05, 0) is 32.3 Å². The standard InChI is InChI=1S/C14H15ClN2O/c1-14(2)5-9-10(6-16)13(15)17-12(8-3-4-8)11(9)7-18-14/h8H,3-5,7H2,1-2H3. The molecule has 1 fully saturated rings. The number of rotatable bonds is 1. The number of fused-ring (bicyclic) bond motifs is 1. The Labute approximate surface area is 112 Å². The lowest BCUT2D eigenvalue weighted by atomic mass is 9.88. The molecule has 1 aliphatic heterocycles. The number of ether oxygens (including phenoxy) is 1. The molecule has 3 rings (SSSR count). The fourth-order valence-electron chi connectivity index (χ4n) is 2.57. The van der Waals surface area contributed by atoms with Gasteiger partial charge in [-0.15, -0.1) is 0 Å². The monoisotopic (exact) mass is 262 g/mol.